The van der Waals surface area contributed by atoms with Crippen molar-refractivity contribution in [2.75, 3.05) is 26.8 Å². The van der Waals surface area contributed by atoms with E-state index in [9.17, 15) is 26.4 Å². The monoisotopic (exact) mass is 610 g/mol. The van der Waals surface area contributed by atoms with E-state index in [2.05, 4.69) is 5.32 Å². The molecule has 3 aliphatic heterocycles. The number of ether oxygens (including phenoxy) is 1. The van der Waals surface area contributed by atoms with Crippen LogP contribution < -0.4 is 5.32 Å². The lowest BCUT2D eigenvalue weighted by Gasteiger charge is -2.31. The Morgan fingerprint density at radius 1 is 1.10 bits per heavy atom. The van der Waals surface area contributed by atoms with Crippen molar-refractivity contribution in [3.63, 3.8) is 0 Å². The second kappa shape index (κ2) is 12.0. The Hall–Kier alpha value is -2.24. The standard InChI is InChI=1S/C31H42F3N3O4S/c1-30(2)14-7-15-37(30)42(39,40)28-11-10-22(19-25(28)31(32,33)34)24-20-27(29(38)35-23-12-16-41-17-13-23)36(3)26(24)18-21-8-5-4-6-9-21/h10-11,19-21,23-24H,4-9,12-18H2,1-3H3/p+1. The molecule has 11 heteroatoms. The Kier molecular flexibility index (Phi) is 8.94. The molecule has 3 heterocycles. The van der Waals surface area contributed by atoms with Crippen LogP contribution in [0, 0.1) is 5.92 Å². The van der Waals surface area contributed by atoms with Crippen molar-refractivity contribution in [3.05, 3.63) is 41.1 Å². The van der Waals surface area contributed by atoms with Gasteiger partial charge in [0.25, 0.3) is 5.70 Å². The van der Waals surface area contributed by atoms with Crippen LogP contribution in [0.1, 0.15) is 95.1 Å². The number of benzene rings is 1. The van der Waals surface area contributed by atoms with Crippen molar-refractivity contribution in [1.29, 1.82) is 0 Å². The van der Waals surface area contributed by atoms with Gasteiger partial charge in [-0.05, 0) is 76.0 Å². The van der Waals surface area contributed by atoms with E-state index in [1.54, 1.807) is 19.9 Å². The first-order valence-corrected chi connectivity index (χ1v) is 16.7. The van der Waals surface area contributed by atoms with E-state index < -0.39 is 38.1 Å². The van der Waals surface area contributed by atoms with Crippen LogP contribution in [-0.4, -0.2) is 67.3 Å². The smallest absolute Gasteiger partial charge is 0.381 e. The number of amides is 1. The molecule has 2 saturated heterocycles. The fourth-order valence-electron chi connectivity index (χ4n) is 7.13. The Morgan fingerprint density at radius 3 is 2.40 bits per heavy atom. The van der Waals surface area contributed by atoms with E-state index in [4.69, 9.17) is 4.74 Å². The molecule has 232 valence electrons. The number of hydrogen-bond acceptors (Lipinski definition) is 4. The zero-order valence-corrected chi connectivity index (χ0v) is 25.6. The summed E-state index contributed by atoms with van der Waals surface area (Å²) >= 11 is 0. The summed E-state index contributed by atoms with van der Waals surface area (Å²) < 4.78 is 79.3. The number of carbonyl (C=O) groups excluding carboxylic acids is 1. The van der Waals surface area contributed by atoms with Crippen molar-refractivity contribution in [2.24, 2.45) is 5.92 Å². The number of carbonyl (C=O) groups is 1. The quantitative estimate of drug-likeness (QED) is 0.408. The van der Waals surface area contributed by atoms with Gasteiger partial charge in [-0.1, -0.05) is 25.3 Å². The topological polar surface area (TPSA) is 78.7 Å². The number of allylic oxidation sites excluding steroid dienone is 1. The van der Waals surface area contributed by atoms with Gasteiger partial charge in [0.2, 0.25) is 10.0 Å². The number of halogens is 3. The van der Waals surface area contributed by atoms with Crippen LogP contribution in [-0.2, 0) is 25.7 Å². The van der Waals surface area contributed by atoms with Gasteiger partial charge in [-0.15, -0.1) is 0 Å². The molecule has 0 bridgehead atoms. The molecule has 42 heavy (non-hydrogen) atoms. The minimum atomic E-state index is -4.87. The third-order valence-corrected chi connectivity index (χ3v) is 11.7. The van der Waals surface area contributed by atoms with E-state index in [1.807, 2.05) is 11.6 Å². The van der Waals surface area contributed by atoms with E-state index in [-0.39, 0.29) is 18.5 Å². The normalized spacial score (nSPS) is 24.7. The van der Waals surface area contributed by atoms with Crippen LogP contribution in [0.2, 0.25) is 0 Å². The maximum Gasteiger partial charge on any atom is 0.417 e. The van der Waals surface area contributed by atoms with E-state index in [0.717, 1.165) is 43.5 Å². The summed E-state index contributed by atoms with van der Waals surface area (Å²) in [5.74, 6) is -0.419. The minimum Gasteiger partial charge on any atom is -0.381 e. The zero-order chi connectivity index (χ0) is 30.3. The van der Waals surface area contributed by atoms with Crippen LogP contribution in [0.4, 0.5) is 13.2 Å². The van der Waals surface area contributed by atoms with Crippen molar-refractivity contribution in [1.82, 2.24) is 9.62 Å². The van der Waals surface area contributed by atoms with Gasteiger partial charge in [0.15, 0.2) is 5.71 Å². The molecule has 3 fully saturated rings. The van der Waals surface area contributed by atoms with E-state index in [1.165, 1.54) is 16.8 Å². The molecule has 0 aromatic heterocycles. The highest BCUT2D eigenvalue weighted by atomic mass is 32.2. The average Bonchev–Trinajstić information content (AvgIpc) is 3.48. The van der Waals surface area contributed by atoms with Crippen molar-refractivity contribution < 1.29 is 35.7 Å². The largest absolute Gasteiger partial charge is 0.417 e. The molecule has 1 atom stereocenters. The summed E-state index contributed by atoms with van der Waals surface area (Å²) in [4.78, 5) is 12.7. The van der Waals surface area contributed by atoms with Crippen molar-refractivity contribution >= 4 is 21.6 Å². The number of nitrogens with zero attached hydrogens (tertiary/aromatic N) is 2. The lowest BCUT2D eigenvalue weighted by atomic mass is 9.82. The molecular weight excluding hydrogens is 567 g/mol. The van der Waals surface area contributed by atoms with Gasteiger partial charge >= 0.3 is 12.1 Å². The maximum absolute atomic E-state index is 14.5. The SMILES string of the molecule is C[N+]1=C(CC2CCCCC2)C(c2ccc(S(=O)(=O)N3CCCC3(C)C)c(C(F)(F)F)c2)C=C1C(=O)NC1CCOCC1. The van der Waals surface area contributed by atoms with Gasteiger partial charge in [0, 0.05) is 43.8 Å². The van der Waals surface area contributed by atoms with Crippen LogP contribution in [0.5, 0.6) is 0 Å². The van der Waals surface area contributed by atoms with Gasteiger partial charge in [0.1, 0.15) is 7.05 Å². The molecule has 1 aromatic rings. The molecule has 1 aliphatic carbocycles. The molecule has 4 aliphatic rings. The van der Waals surface area contributed by atoms with E-state index >= 15 is 0 Å². The molecule has 1 N–H and O–H groups in total. The minimum absolute atomic E-state index is 0.0162. The van der Waals surface area contributed by atoms with Gasteiger partial charge in [0.05, 0.1) is 16.4 Å². The molecular formula is C31H43F3N3O4S+. The fourth-order valence-corrected chi connectivity index (χ4v) is 9.17. The predicted molar refractivity (Wildman–Crippen MR) is 154 cm³/mol. The lowest BCUT2D eigenvalue weighted by molar-refractivity contribution is -0.436. The van der Waals surface area contributed by atoms with Gasteiger partial charge in [-0.3, -0.25) is 4.79 Å². The van der Waals surface area contributed by atoms with Gasteiger partial charge in [-0.25, -0.2) is 8.42 Å². The number of alkyl halides is 3. The summed E-state index contributed by atoms with van der Waals surface area (Å²) in [6.07, 6.45) is 5.68. The zero-order valence-electron chi connectivity index (χ0n) is 24.8. The summed E-state index contributed by atoms with van der Waals surface area (Å²) in [6.45, 7) is 4.84. The average molecular weight is 611 g/mol. The molecule has 1 saturated carbocycles. The molecule has 1 aromatic carbocycles. The highest BCUT2D eigenvalue weighted by molar-refractivity contribution is 7.89. The Morgan fingerprint density at radius 2 is 1.79 bits per heavy atom. The molecule has 0 spiro atoms. The molecule has 1 amide bonds. The van der Waals surface area contributed by atoms with Crippen LogP contribution in [0.15, 0.2) is 34.9 Å². The maximum atomic E-state index is 14.5. The fraction of sp³-hybridized carbons (Fsp3) is 0.677. The number of hydrogen-bond donors (Lipinski definition) is 1. The molecule has 5 rings (SSSR count). The Bertz CT molecular complexity index is 1360. The number of likely N-dealkylation sites (N-methyl/N-ethyl adjacent to an activating group) is 1. The van der Waals surface area contributed by atoms with E-state index in [0.29, 0.717) is 62.5 Å². The first-order valence-electron chi connectivity index (χ1n) is 15.2. The first-order chi connectivity index (χ1) is 19.8. The number of sulfonamides is 1. The second-order valence-electron chi connectivity index (χ2n) is 12.9. The summed E-state index contributed by atoms with van der Waals surface area (Å²) in [7, 11) is -2.57. The second-order valence-corrected chi connectivity index (χ2v) is 14.7. The summed E-state index contributed by atoms with van der Waals surface area (Å²) in [5, 5.41) is 3.08. The first kappa shape index (κ1) is 31.2. The summed E-state index contributed by atoms with van der Waals surface area (Å²) in [6, 6.07) is 3.59. The Labute approximate surface area is 247 Å². The molecule has 1 unspecified atom stereocenters. The summed E-state index contributed by atoms with van der Waals surface area (Å²) in [5.41, 5.74) is -0.278. The third-order valence-electron chi connectivity index (χ3n) is 9.55. The molecule has 7 nitrogen and oxygen atoms in total. The van der Waals surface area contributed by atoms with Crippen LogP contribution >= 0.6 is 0 Å². The number of nitrogens with one attached hydrogen (secondary N) is 1. The predicted octanol–water partition coefficient (Wildman–Crippen LogP) is 5.60. The lowest BCUT2D eigenvalue weighted by Crippen LogP contribution is -2.43. The van der Waals surface area contributed by atoms with Crippen molar-refractivity contribution in [3.8, 4) is 0 Å². The molecule has 0 radical (unpaired) electrons. The Balaban J connectivity index is 1.53. The highest BCUT2D eigenvalue weighted by Crippen LogP contribution is 2.42. The van der Waals surface area contributed by atoms with Gasteiger partial charge < -0.3 is 10.1 Å². The third kappa shape index (κ3) is 6.33. The van der Waals surface area contributed by atoms with Gasteiger partial charge in [-0.2, -0.15) is 22.1 Å². The van der Waals surface area contributed by atoms with Crippen molar-refractivity contribution in [2.45, 2.75) is 107 Å². The highest BCUT2D eigenvalue weighted by Gasteiger charge is 2.46. The van der Waals surface area contributed by atoms with Crippen LogP contribution in [0.3, 0.4) is 0 Å². The number of rotatable bonds is 7. The van der Waals surface area contributed by atoms with Crippen LogP contribution in [0.25, 0.3) is 0 Å².